The van der Waals surface area contributed by atoms with Crippen molar-refractivity contribution in [1.29, 1.82) is 0 Å². The van der Waals surface area contributed by atoms with Gasteiger partial charge in [-0.05, 0) is 25.0 Å². The molecule has 1 aromatic rings. The van der Waals surface area contributed by atoms with Crippen LogP contribution in [-0.4, -0.2) is 30.4 Å². The average molecular weight is 249 g/mol. The predicted molar refractivity (Wildman–Crippen MR) is 68.9 cm³/mol. The van der Waals surface area contributed by atoms with Crippen LogP contribution >= 0.6 is 0 Å². The SMILES string of the molecule is CCOC(=O)CC(=O)N(C)Cc1ccccc1C. The number of carbonyl (C=O) groups is 2. The fraction of sp³-hybridized carbons (Fsp3) is 0.429. The minimum absolute atomic E-state index is 0.198. The molecule has 1 aromatic carbocycles. The van der Waals surface area contributed by atoms with Crippen LogP contribution < -0.4 is 0 Å². The van der Waals surface area contributed by atoms with Crippen molar-refractivity contribution in [3.05, 3.63) is 35.4 Å². The summed E-state index contributed by atoms with van der Waals surface area (Å²) in [6, 6.07) is 7.87. The first-order valence-electron chi connectivity index (χ1n) is 5.98. The molecule has 0 radical (unpaired) electrons. The fourth-order valence-electron chi connectivity index (χ4n) is 1.60. The third-order valence-corrected chi connectivity index (χ3v) is 2.70. The minimum atomic E-state index is -0.473. The van der Waals surface area contributed by atoms with E-state index in [0.717, 1.165) is 11.1 Å². The molecular weight excluding hydrogens is 230 g/mol. The number of benzene rings is 1. The summed E-state index contributed by atoms with van der Waals surface area (Å²) >= 11 is 0. The number of aryl methyl sites for hydroxylation is 1. The molecular formula is C14H19NO3. The van der Waals surface area contributed by atoms with Gasteiger partial charge in [-0.3, -0.25) is 9.59 Å². The predicted octanol–water partition coefficient (Wildman–Crippen LogP) is 1.91. The molecule has 0 atom stereocenters. The van der Waals surface area contributed by atoms with Crippen LogP contribution in [0.25, 0.3) is 0 Å². The molecule has 0 heterocycles. The van der Waals surface area contributed by atoms with E-state index in [9.17, 15) is 9.59 Å². The topological polar surface area (TPSA) is 46.6 Å². The van der Waals surface area contributed by atoms with Crippen LogP contribution in [0.2, 0.25) is 0 Å². The van der Waals surface area contributed by atoms with E-state index in [0.29, 0.717) is 13.2 Å². The van der Waals surface area contributed by atoms with E-state index in [4.69, 9.17) is 4.74 Å². The van der Waals surface area contributed by atoms with Crippen molar-refractivity contribution < 1.29 is 14.3 Å². The first-order valence-corrected chi connectivity index (χ1v) is 5.98. The van der Waals surface area contributed by atoms with Crippen LogP contribution in [0.3, 0.4) is 0 Å². The van der Waals surface area contributed by atoms with Gasteiger partial charge >= 0.3 is 5.97 Å². The van der Waals surface area contributed by atoms with E-state index in [1.165, 1.54) is 0 Å². The van der Waals surface area contributed by atoms with Crippen LogP contribution in [0.5, 0.6) is 0 Å². The molecule has 0 N–H and O–H groups in total. The molecule has 1 rings (SSSR count). The van der Waals surface area contributed by atoms with Crippen molar-refractivity contribution in [3.63, 3.8) is 0 Å². The zero-order chi connectivity index (χ0) is 13.5. The van der Waals surface area contributed by atoms with Gasteiger partial charge in [0.15, 0.2) is 0 Å². The van der Waals surface area contributed by atoms with E-state index in [1.807, 2.05) is 31.2 Å². The molecule has 4 nitrogen and oxygen atoms in total. The highest BCUT2D eigenvalue weighted by Crippen LogP contribution is 2.10. The Labute approximate surface area is 108 Å². The lowest BCUT2D eigenvalue weighted by Crippen LogP contribution is -2.29. The average Bonchev–Trinajstić information content (AvgIpc) is 2.32. The molecule has 0 saturated carbocycles. The van der Waals surface area contributed by atoms with Crippen molar-refractivity contribution >= 4 is 11.9 Å². The second-order valence-corrected chi connectivity index (χ2v) is 4.16. The number of amides is 1. The van der Waals surface area contributed by atoms with Crippen LogP contribution in [-0.2, 0) is 20.9 Å². The van der Waals surface area contributed by atoms with Gasteiger partial charge in [0.1, 0.15) is 6.42 Å². The molecule has 0 bridgehead atoms. The second kappa shape index (κ2) is 6.79. The van der Waals surface area contributed by atoms with Gasteiger partial charge in [-0.2, -0.15) is 0 Å². The third kappa shape index (κ3) is 4.20. The molecule has 0 fully saturated rings. The second-order valence-electron chi connectivity index (χ2n) is 4.16. The molecule has 4 heteroatoms. The quantitative estimate of drug-likeness (QED) is 0.591. The highest BCUT2D eigenvalue weighted by Gasteiger charge is 2.15. The van der Waals surface area contributed by atoms with E-state index >= 15 is 0 Å². The van der Waals surface area contributed by atoms with Crippen molar-refractivity contribution in [3.8, 4) is 0 Å². The summed E-state index contributed by atoms with van der Waals surface area (Å²) in [4.78, 5) is 24.5. The smallest absolute Gasteiger partial charge is 0.315 e. The Kier molecular flexibility index (Phi) is 5.36. The lowest BCUT2D eigenvalue weighted by atomic mass is 10.1. The highest BCUT2D eigenvalue weighted by atomic mass is 16.5. The molecule has 0 aliphatic carbocycles. The summed E-state index contributed by atoms with van der Waals surface area (Å²) in [6.07, 6.45) is -0.198. The summed E-state index contributed by atoms with van der Waals surface area (Å²) in [5.41, 5.74) is 2.21. The maximum Gasteiger partial charge on any atom is 0.315 e. The molecule has 0 aromatic heterocycles. The number of rotatable bonds is 5. The summed E-state index contributed by atoms with van der Waals surface area (Å²) in [5, 5.41) is 0. The maximum atomic E-state index is 11.8. The number of esters is 1. The zero-order valence-electron chi connectivity index (χ0n) is 11.1. The summed E-state index contributed by atoms with van der Waals surface area (Å²) in [5.74, 6) is -0.698. The number of hydrogen-bond acceptors (Lipinski definition) is 3. The third-order valence-electron chi connectivity index (χ3n) is 2.70. The van der Waals surface area contributed by atoms with Crippen LogP contribution in [0.1, 0.15) is 24.5 Å². The number of ether oxygens (including phenoxy) is 1. The standard InChI is InChI=1S/C14H19NO3/c1-4-18-14(17)9-13(16)15(3)10-12-8-6-5-7-11(12)2/h5-8H,4,9-10H2,1-3H3. The Morgan fingerprint density at radius 1 is 1.28 bits per heavy atom. The van der Waals surface area contributed by atoms with Crippen LogP contribution in [0.4, 0.5) is 0 Å². The molecule has 98 valence electrons. The van der Waals surface area contributed by atoms with E-state index < -0.39 is 5.97 Å². The number of nitrogens with zero attached hydrogens (tertiary/aromatic N) is 1. The molecule has 1 amide bonds. The number of hydrogen-bond donors (Lipinski definition) is 0. The van der Waals surface area contributed by atoms with Crippen molar-refractivity contribution in [2.45, 2.75) is 26.8 Å². The Hall–Kier alpha value is -1.84. The molecule has 0 spiro atoms. The van der Waals surface area contributed by atoms with Gasteiger partial charge in [0.25, 0.3) is 0 Å². The minimum Gasteiger partial charge on any atom is -0.466 e. The molecule has 18 heavy (non-hydrogen) atoms. The zero-order valence-corrected chi connectivity index (χ0v) is 11.1. The molecule has 0 aliphatic heterocycles. The fourth-order valence-corrected chi connectivity index (χ4v) is 1.60. The van der Waals surface area contributed by atoms with Crippen LogP contribution in [0, 0.1) is 6.92 Å². The lowest BCUT2D eigenvalue weighted by Gasteiger charge is -2.18. The highest BCUT2D eigenvalue weighted by molar-refractivity contribution is 5.94. The molecule has 0 saturated heterocycles. The Morgan fingerprint density at radius 2 is 1.94 bits per heavy atom. The van der Waals surface area contributed by atoms with Crippen LogP contribution in [0.15, 0.2) is 24.3 Å². The summed E-state index contributed by atoms with van der Waals surface area (Å²) < 4.78 is 4.75. The van der Waals surface area contributed by atoms with Gasteiger partial charge in [0.2, 0.25) is 5.91 Å². The van der Waals surface area contributed by atoms with Gasteiger partial charge in [0, 0.05) is 13.6 Å². The lowest BCUT2D eigenvalue weighted by molar-refractivity contribution is -0.148. The Balaban J connectivity index is 2.55. The Morgan fingerprint density at radius 3 is 2.56 bits per heavy atom. The van der Waals surface area contributed by atoms with Crippen molar-refractivity contribution in [1.82, 2.24) is 4.90 Å². The van der Waals surface area contributed by atoms with Gasteiger partial charge < -0.3 is 9.64 Å². The van der Waals surface area contributed by atoms with Gasteiger partial charge in [-0.1, -0.05) is 24.3 Å². The van der Waals surface area contributed by atoms with E-state index in [-0.39, 0.29) is 12.3 Å². The molecule has 0 unspecified atom stereocenters. The van der Waals surface area contributed by atoms with E-state index in [1.54, 1.807) is 18.9 Å². The first kappa shape index (κ1) is 14.2. The van der Waals surface area contributed by atoms with Gasteiger partial charge in [-0.15, -0.1) is 0 Å². The summed E-state index contributed by atoms with van der Waals surface area (Å²) in [6.45, 7) is 4.52. The van der Waals surface area contributed by atoms with Gasteiger partial charge in [0.05, 0.1) is 6.61 Å². The van der Waals surface area contributed by atoms with Crippen molar-refractivity contribution in [2.24, 2.45) is 0 Å². The normalized spacial score (nSPS) is 9.94. The van der Waals surface area contributed by atoms with Crippen molar-refractivity contribution in [2.75, 3.05) is 13.7 Å². The largest absolute Gasteiger partial charge is 0.466 e. The maximum absolute atomic E-state index is 11.8. The monoisotopic (exact) mass is 249 g/mol. The Bertz CT molecular complexity index is 429. The summed E-state index contributed by atoms with van der Waals surface area (Å²) in [7, 11) is 1.69. The van der Waals surface area contributed by atoms with E-state index in [2.05, 4.69) is 0 Å². The molecule has 0 aliphatic rings. The number of carbonyl (C=O) groups excluding carboxylic acids is 2. The van der Waals surface area contributed by atoms with Gasteiger partial charge in [-0.25, -0.2) is 0 Å². The first-order chi connectivity index (χ1) is 8.54.